The Hall–Kier alpha value is -0.170. The van der Waals surface area contributed by atoms with Crippen molar-refractivity contribution in [3.05, 3.63) is 0 Å². The number of sulfonamides is 1. The lowest BCUT2D eigenvalue weighted by Gasteiger charge is -2.31. The molecular formula is C11H22N2O3S. The number of hydrogen-bond acceptors (Lipinski definition) is 4. The minimum Gasteiger partial charge on any atom is -0.377 e. The summed E-state index contributed by atoms with van der Waals surface area (Å²) >= 11 is 0. The molecule has 2 fully saturated rings. The number of nitrogens with one attached hydrogen (secondary N) is 1. The van der Waals surface area contributed by atoms with E-state index in [-0.39, 0.29) is 0 Å². The van der Waals surface area contributed by atoms with Gasteiger partial charge in [0, 0.05) is 19.6 Å². The molecule has 0 aromatic heterocycles. The van der Waals surface area contributed by atoms with E-state index in [0.29, 0.717) is 31.7 Å². The van der Waals surface area contributed by atoms with Crippen LogP contribution in [0.4, 0.5) is 0 Å². The topological polar surface area (TPSA) is 58.6 Å². The van der Waals surface area contributed by atoms with Gasteiger partial charge in [0.15, 0.2) is 0 Å². The minimum absolute atomic E-state index is 0.323. The van der Waals surface area contributed by atoms with Crippen molar-refractivity contribution in [2.45, 2.75) is 25.4 Å². The van der Waals surface area contributed by atoms with Gasteiger partial charge >= 0.3 is 0 Å². The highest BCUT2D eigenvalue weighted by molar-refractivity contribution is 7.88. The molecule has 2 heterocycles. The van der Waals surface area contributed by atoms with Crippen LogP contribution in [-0.4, -0.2) is 57.9 Å². The second-order valence-electron chi connectivity index (χ2n) is 5.08. The molecule has 0 radical (unpaired) electrons. The Morgan fingerprint density at radius 1 is 1.41 bits per heavy atom. The van der Waals surface area contributed by atoms with Gasteiger partial charge < -0.3 is 10.1 Å². The van der Waals surface area contributed by atoms with Gasteiger partial charge in [-0.05, 0) is 31.7 Å². The molecule has 2 aliphatic heterocycles. The van der Waals surface area contributed by atoms with Gasteiger partial charge in [0.1, 0.15) is 0 Å². The number of hydrogen-bond donors (Lipinski definition) is 1. The second kappa shape index (κ2) is 5.65. The summed E-state index contributed by atoms with van der Waals surface area (Å²) in [4.78, 5) is 0. The molecule has 2 unspecified atom stereocenters. The fraction of sp³-hybridized carbons (Fsp3) is 1.00. The first-order valence-corrected chi connectivity index (χ1v) is 8.18. The molecule has 5 nitrogen and oxygen atoms in total. The Bertz CT molecular complexity index is 339. The van der Waals surface area contributed by atoms with Crippen LogP contribution in [-0.2, 0) is 14.8 Å². The van der Waals surface area contributed by atoms with Crippen LogP contribution in [0.5, 0.6) is 0 Å². The van der Waals surface area contributed by atoms with Gasteiger partial charge in [-0.2, -0.15) is 0 Å². The lowest BCUT2D eigenvalue weighted by molar-refractivity contribution is 0.0282. The Morgan fingerprint density at radius 3 is 2.88 bits per heavy atom. The molecule has 100 valence electrons. The fourth-order valence-corrected chi connectivity index (χ4v) is 3.45. The summed E-state index contributed by atoms with van der Waals surface area (Å²) in [6, 6.07) is 0. The first kappa shape index (κ1) is 13.3. The van der Waals surface area contributed by atoms with Crippen molar-refractivity contribution < 1.29 is 13.2 Å². The number of rotatable bonds is 4. The van der Waals surface area contributed by atoms with Crippen molar-refractivity contribution in [3.8, 4) is 0 Å². The van der Waals surface area contributed by atoms with Crippen molar-refractivity contribution in [1.82, 2.24) is 9.62 Å². The zero-order chi connectivity index (χ0) is 12.3. The van der Waals surface area contributed by atoms with E-state index in [9.17, 15) is 8.42 Å². The molecule has 0 aliphatic carbocycles. The average Bonchev–Trinajstić information content (AvgIpc) is 2.78. The maximum atomic E-state index is 11.5. The van der Waals surface area contributed by atoms with E-state index in [4.69, 9.17) is 4.74 Å². The number of nitrogens with zero attached hydrogens (tertiary/aromatic N) is 1. The monoisotopic (exact) mass is 262 g/mol. The van der Waals surface area contributed by atoms with Crippen molar-refractivity contribution in [2.75, 3.05) is 39.0 Å². The molecule has 2 aliphatic rings. The molecule has 0 spiro atoms. The van der Waals surface area contributed by atoms with Gasteiger partial charge in [0.05, 0.1) is 19.0 Å². The van der Waals surface area contributed by atoms with Crippen molar-refractivity contribution in [3.63, 3.8) is 0 Å². The van der Waals surface area contributed by atoms with E-state index in [2.05, 4.69) is 5.32 Å². The summed E-state index contributed by atoms with van der Waals surface area (Å²) in [6.07, 6.45) is 4.71. The molecule has 2 rings (SSSR count). The molecule has 0 bridgehead atoms. The van der Waals surface area contributed by atoms with E-state index >= 15 is 0 Å². The van der Waals surface area contributed by atoms with Crippen LogP contribution in [0.2, 0.25) is 0 Å². The van der Waals surface area contributed by atoms with Crippen molar-refractivity contribution >= 4 is 10.0 Å². The van der Waals surface area contributed by atoms with E-state index in [0.717, 1.165) is 32.4 Å². The van der Waals surface area contributed by atoms with Crippen LogP contribution in [0.25, 0.3) is 0 Å². The number of piperidine rings is 1. The minimum atomic E-state index is -3.03. The second-order valence-corrected chi connectivity index (χ2v) is 7.06. The fourth-order valence-electron chi connectivity index (χ4n) is 2.51. The molecule has 2 saturated heterocycles. The lowest BCUT2D eigenvalue weighted by Crippen LogP contribution is -2.41. The van der Waals surface area contributed by atoms with E-state index < -0.39 is 10.0 Å². The Balaban J connectivity index is 1.77. The summed E-state index contributed by atoms with van der Waals surface area (Å²) < 4.78 is 30.3. The summed E-state index contributed by atoms with van der Waals surface area (Å²) in [7, 11) is -3.03. The largest absolute Gasteiger partial charge is 0.377 e. The quantitative estimate of drug-likeness (QED) is 0.777. The highest BCUT2D eigenvalue weighted by Crippen LogP contribution is 2.19. The highest BCUT2D eigenvalue weighted by atomic mass is 32.2. The Labute approximate surface area is 104 Å². The van der Waals surface area contributed by atoms with Gasteiger partial charge in [-0.15, -0.1) is 0 Å². The van der Waals surface area contributed by atoms with Crippen LogP contribution < -0.4 is 5.32 Å². The van der Waals surface area contributed by atoms with Crippen molar-refractivity contribution in [1.29, 1.82) is 0 Å². The van der Waals surface area contributed by atoms with Crippen molar-refractivity contribution in [2.24, 2.45) is 5.92 Å². The molecule has 6 heteroatoms. The van der Waals surface area contributed by atoms with Gasteiger partial charge in [-0.1, -0.05) is 0 Å². The molecule has 0 aromatic carbocycles. The first-order chi connectivity index (χ1) is 8.05. The van der Waals surface area contributed by atoms with Crippen LogP contribution in [0.3, 0.4) is 0 Å². The number of ether oxygens (including phenoxy) is 1. The highest BCUT2D eigenvalue weighted by Gasteiger charge is 2.27. The lowest BCUT2D eigenvalue weighted by atomic mass is 10.0. The Kier molecular flexibility index (Phi) is 4.41. The summed E-state index contributed by atoms with van der Waals surface area (Å²) in [6.45, 7) is 3.95. The van der Waals surface area contributed by atoms with Crippen LogP contribution >= 0.6 is 0 Å². The van der Waals surface area contributed by atoms with Gasteiger partial charge in [0.2, 0.25) is 10.0 Å². The van der Waals surface area contributed by atoms with Gasteiger partial charge in [-0.3, -0.25) is 0 Å². The third-order valence-electron chi connectivity index (χ3n) is 3.53. The SMILES string of the molecule is CS(=O)(=O)N1CCCC(COC2CCNC2)C1. The molecule has 0 saturated carbocycles. The van der Waals surface area contributed by atoms with Crippen LogP contribution in [0.1, 0.15) is 19.3 Å². The smallest absolute Gasteiger partial charge is 0.211 e. The van der Waals surface area contributed by atoms with Crippen LogP contribution in [0, 0.1) is 5.92 Å². The zero-order valence-electron chi connectivity index (χ0n) is 10.4. The van der Waals surface area contributed by atoms with E-state index in [1.165, 1.54) is 6.26 Å². The standard InChI is InChI=1S/C11H22N2O3S/c1-17(14,15)13-6-2-3-10(8-13)9-16-11-4-5-12-7-11/h10-12H,2-9H2,1H3. The predicted molar refractivity (Wildman–Crippen MR) is 66.4 cm³/mol. The normalized spacial score (nSPS) is 31.8. The molecule has 17 heavy (non-hydrogen) atoms. The van der Waals surface area contributed by atoms with Gasteiger partial charge in [-0.25, -0.2) is 12.7 Å². The molecule has 1 N–H and O–H groups in total. The predicted octanol–water partition coefficient (Wildman–Crippen LogP) is 0.0365. The maximum Gasteiger partial charge on any atom is 0.211 e. The van der Waals surface area contributed by atoms with E-state index in [1.807, 2.05) is 0 Å². The van der Waals surface area contributed by atoms with Crippen LogP contribution in [0.15, 0.2) is 0 Å². The molecule has 2 atom stereocenters. The molecular weight excluding hydrogens is 240 g/mol. The van der Waals surface area contributed by atoms with E-state index in [1.54, 1.807) is 4.31 Å². The maximum absolute atomic E-state index is 11.5. The van der Waals surface area contributed by atoms with Gasteiger partial charge in [0.25, 0.3) is 0 Å². The molecule has 0 aromatic rings. The first-order valence-electron chi connectivity index (χ1n) is 6.33. The summed E-state index contributed by atoms with van der Waals surface area (Å²) in [5.41, 5.74) is 0. The third-order valence-corrected chi connectivity index (χ3v) is 4.80. The Morgan fingerprint density at radius 2 is 2.24 bits per heavy atom. The average molecular weight is 262 g/mol. The molecule has 0 amide bonds. The summed E-state index contributed by atoms with van der Waals surface area (Å²) in [5.74, 6) is 0.360. The third kappa shape index (κ3) is 3.91. The summed E-state index contributed by atoms with van der Waals surface area (Å²) in [5, 5.41) is 3.26. The zero-order valence-corrected chi connectivity index (χ0v) is 11.2.